The van der Waals surface area contributed by atoms with Crippen molar-refractivity contribution in [2.75, 3.05) is 18.7 Å². The molecule has 2 aromatic rings. The third-order valence-electron chi connectivity index (χ3n) is 3.59. The Morgan fingerprint density at radius 1 is 1.08 bits per heavy atom. The van der Waals surface area contributed by atoms with E-state index in [2.05, 4.69) is 5.32 Å². The maximum atomic E-state index is 12.0. The molecule has 0 aliphatic carbocycles. The Labute approximate surface area is 139 Å². The van der Waals surface area contributed by atoms with Gasteiger partial charge in [-0.15, -0.1) is 0 Å². The number of rotatable bonds is 4. The van der Waals surface area contributed by atoms with E-state index in [1.165, 1.54) is 0 Å². The van der Waals surface area contributed by atoms with Crippen LogP contribution in [0.4, 0.5) is 5.69 Å². The Hall–Kier alpha value is -3.02. The first-order valence-electron chi connectivity index (χ1n) is 7.47. The fourth-order valence-corrected chi connectivity index (χ4v) is 2.42. The van der Waals surface area contributed by atoms with E-state index in [4.69, 9.17) is 14.2 Å². The topological polar surface area (TPSA) is 73.9 Å². The summed E-state index contributed by atoms with van der Waals surface area (Å²) in [5, 5.41) is 2.65. The SMILES string of the molecule is Cc1ccc(C(=O)OCC(=O)Nc2ccc3c(c2)OCO3)c(C)c1. The van der Waals surface area contributed by atoms with Gasteiger partial charge in [-0.05, 0) is 37.6 Å². The Morgan fingerprint density at radius 3 is 2.67 bits per heavy atom. The van der Waals surface area contributed by atoms with Gasteiger partial charge in [0.2, 0.25) is 6.79 Å². The number of hydrogen-bond donors (Lipinski definition) is 1. The van der Waals surface area contributed by atoms with Crippen LogP contribution in [0, 0.1) is 13.8 Å². The van der Waals surface area contributed by atoms with Crippen LogP contribution in [0.2, 0.25) is 0 Å². The lowest BCUT2D eigenvalue weighted by molar-refractivity contribution is -0.119. The molecule has 0 bridgehead atoms. The van der Waals surface area contributed by atoms with Gasteiger partial charge < -0.3 is 19.5 Å². The molecular weight excluding hydrogens is 310 g/mol. The number of carbonyl (C=O) groups excluding carboxylic acids is 2. The first kappa shape index (κ1) is 15.9. The highest BCUT2D eigenvalue weighted by molar-refractivity contribution is 5.96. The van der Waals surface area contributed by atoms with Crippen molar-refractivity contribution >= 4 is 17.6 Å². The Balaban J connectivity index is 1.56. The number of carbonyl (C=O) groups is 2. The molecule has 6 heteroatoms. The van der Waals surface area contributed by atoms with E-state index in [-0.39, 0.29) is 13.4 Å². The fourth-order valence-electron chi connectivity index (χ4n) is 2.42. The van der Waals surface area contributed by atoms with Gasteiger partial charge >= 0.3 is 5.97 Å². The predicted octanol–water partition coefficient (Wildman–Crippen LogP) is 2.83. The predicted molar refractivity (Wildman–Crippen MR) is 87.4 cm³/mol. The maximum absolute atomic E-state index is 12.0. The second-order valence-corrected chi connectivity index (χ2v) is 5.51. The summed E-state index contributed by atoms with van der Waals surface area (Å²) in [5.74, 6) is 0.259. The lowest BCUT2D eigenvalue weighted by atomic mass is 10.1. The van der Waals surface area contributed by atoms with Crippen molar-refractivity contribution in [2.24, 2.45) is 0 Å². The standard InChI is InChI=1S/C18H17NO5/c1-11-3-5-14(12(2)7-11)18(21)22-9-17(20)19-13-4-6-15-16(8-13)24-10-23-15/h3-8H,9-10H2,1-2H3,(H,19,20). The molecule has 1 heterocycles. The van der Waals surface area contributed by atoms with Crippen LogP contribution in [-0.2, 0) is 9.53 Å². The quantitative estimate of drug-likeness (QED) is 0.874. The second kappa shape index (κ2) is 6.62. The van der Waals surface area contributed by atoms with E-state index in [1.54, 1.807) is 24.3 Å². The third-order valence-corrected chi connectivity index (χ3v) is 3.59. The monoisotopic (exact) mass is 327 g/mol. The molecule has 0 atom stereocenters. The van der Waals surface area contributed by atoms with Crippen molar-refractivity contribution in [3.8, 4) is 11.5 Å². The van der Waals surface area contributed by atoms with E-state index in [0.717, 1.165) is 11.1 Å². The lowest BCUT2D eigenvalue weighted by Gasteiger charge is -2.09. The number of benzene rings is 2. The zero-order valence-electron chi connectivity index (χ0n) is 13.4. The van der Waals surface area contributed by atoms with Crippen LogP contribution in [0.3, 0.4) is 0 Å². The average molecular weight is 327 g/mol. The van der Waals surface area contributed by atoms with Crippen molar-refractivity contribution in [1.29, 1.82) is 0 Å². The third kappa shape index (κ3) is 3.48. The van der Waals surface area contributed by atoms with Crippen molar-refractivity contribution in [3.05, 3.63) is 53.1 Å². The molecule has 0 saturated heterocycles. The number of amides is 1. The summed E-state index contributed by atoms with van der Waals surface area (Å²) in [6.45, 7) is 3.58. The molecule has 1 aliphatic rings. The molecule has 0 fully saturated rings. The van der Waals surface area contributed by atoms with E-state index < -0.39 is 11.9 Å². The van der Waals surface area contributed by atoms with Crippen LogP contribution in [0.5, 0.6) is 11.5 Å². The number of esters is 1. The average Bonchev–Trinajstić information content (AvgIpc) is 3.00. The molecule has 0 saturated carbocycles. The summed E-state index contributed by atoms with van der Waals surface area (Å²) >= 11 is 0. The number of nitrogens with one attached hydrogen (secondary N) is 1. The Morgan fingerprint density at radius 2 is 1.88 bits per heavy atom. The van der Waals surface area contributed by atoms with Gasteiger partial charge in [0.1, 0.15) is 0 Å². The zero-order chi connectivity index (χ0) is 17.1. The summed E-state index contributed by atoms with van der Waals surface area (Å²) in [7, 11) is 0. The summed E-state index contributed by atoms with van der Waals surface area (Å²) in [6, 6.07) is 10.5. The molecule has 1 aliphatic heterocycles. The van der Waals surface area contributed by atoms with Crippen molar-refractivity contribution in [1.82, 2.24) is 0 Å². The summed E-state index contributed by atoms with van der Waals surface area (Å²) in [5.41, 5.74) is 2.88. The normalized spacial score (nSPS) is 11.9. The highest BCUT2D eigenvalue weighted by atomic mass is 16.7. The first-order chi connectivity index (χ1) is 11.5. The molecule has 0 aromatic heterocycles. The van der Waals surface area contributed by atoms with E-state index in [1.807, 2.05) is 26.0 Å². The lowest BCUT2D eigenvalue weighted by Crippen LogP contribution is -2.21. The van der Waals surface area contributed by atoms with Gasteiger partial charge in [-0.1, -0.05) is 17.7 Å². The smallest absolute Gasteiger partial charge is 0.338 e. The van der Waals surface area contributed by atoms with Crippen molar-refractivity contribution in [3.63, 3.8) is 0 Å². The highest BCUT2D eigenvalue weighted by Crippen LogP contribution is 2.34. The number of anilines is 1. The van der Waals surface area contributed by atoms with Crippen LogP contribution in [0.15, 0.2) is 36.4 Å². The number of hydrogen-bond acceptors (Lipinski definition) is 5. The molecule has 24 heavy (non-hydrogen) atoms. The number of aryl methyl sites for hydroxylation is 2. The van der Waals surface area contributed by atoms with Gasteiger partial charge in [0.05, 0.1) is 5.56 Å². The minimum absolute atomic E-state index is 0.167. The van der Waals surface area contributed by atoms with Crippen LogP contribution >= 0.6 is 0 Å². The largest absolute Gasteiger partial charge is 0.454 e. The maximum Gasteiger partial charge on any atom is 0.338 e. The van der Waals surface area contributed by atoms with Crippen molar-refractivity contribution in [2.45, 2.75) is 13.8 Å². The van der Waals surface area contributed by atoms with Gasteiger partial charge in [0.25, 0.3) is 5.91 Å². The van der Waals surface area contributed by atoms with Gasteiger partial charge in [0.15, 0.2) is 18.1 Å². The van der Waals surface area contributed by atoms with Gasteiger partial charge in [-0.2, -0.15) is 0 Å². The number of ether oxygens (including phenoxy) is 3. The molecule has 1 N–H and O–H groups in total. The second-order valence-electron chi connectivity index (χ2n) is 5.51. The molecule has 0 radical (unpaired) electrons. The zero-order valence-corrected chi connectivity index (χ0v) is 13.4. The van der Waals surface area contributed by atoms with Crippen LogP contribution < -0.4 is 14.8 Å². The summed E-state index contributed by atoms with van der Waals surface area (Å²) in [6.07, 6.45) is 0. The molecule has 2 aromatic carbocycles. The molecule has 3 rings (SSSR count). The molecule has 1 amide bonds. The molecule has 6 nitrogen and oxygen atoms in total. The van der Waals surface area contributed by atoms with Crippen molar-refractivity contribution < 1.29 is 23.8 Å². The van der Waals surface area contributed by atoms with Crippen LogP contribution in [0.1, 0.15) is 21.5 Å². The van der Waals surface area contributed by atoms with Gasteiger partial charge in [-0.3, -0.25) is 4.79 Å². The highest BCUT2D eigenvalue weighted by Gasteiger charge is 2.16. The molecule has 0 spiro atoms. The van der Waals surface area contributed by atoms with Gasteiger partial charge in [-0.25, -0.2) is 4.79 Å². The van der Waals surface area contributed by atoms with Crippen LogP contribution in [0.25, 0.3) is 0 Å². The Bertz CT molecular complexity index is 800. The fraction of sp³-hybridized carbons (Fsp3) is 0.222. The van der Waals surface area contributed by atoms with E-state index in [0.29, 0.717) is 22.7 Å². The van der Waals surface area contributed by atoms with Crippen LogP contribution in [-0.4, -0.2) is 25.3 Å². The Kier molecular flexibility index (Phi) is 4.37. The molecule has 0 unspecified atom stereocenters. The summed E-state index contributed by atoms with van der Waals surface area (Å²) in [4.78, 5) is 24.0. The van der Waals surface area contributed by atoms with Gasteiger partial charge in [0, 0.05) is 11.8 Å². The molecule has 124 valence electrons. The van der Waals surface area contributed by atoms with E-state index in [9.17, 15) is 9.59 Å². The van der Waals surface area contributed by atoms with E-state index >= 15 is 0 Å². The minimum atomic E-state index is -0.520. The first-order valence-corrected chi connectivity index (χ1v) is 7.47. The summed E-state index contributed by atoms with van der Waals surface area (Å²) < 4.78 is 15.5. The molecular formula is C18H17NO5. The number of fused-ring (bicyclic) bond motifs is 1. The minimum Gasteiger partial charge on any atom is -0.454 e.